The Balaban J connectivity index is 0.000000199. The van der Waals surface area contributed by atoms with Gasteiger partial charge in [-0.05, 0) is 38.8 Å². The lowest BCUT2D eigenvalue weighted by Gasteiger charge is -2.17. The number of carboxylic acids is 1. The number of nitrogens with zero attached hydrogens (tertiary/aromatic N) is 1. The average Bonchev–Trinajstić information content (AvgIpc) is 2.77. The number of aliphatic carboxylic acids is 1. The maximum absolute atomic E-state index is 10.6. The van der Waals surface area contributed by atoms with Gasteiger partial charge in [0, 0.05) is 11.8 Å². The molecule has 0 aromatic heterocycles. The molecule has 2 aliphatic heterocycles. The average molecular weight is 308 g/mol. The molecule has 1 aliphatic carbocycles. The van der Waals surface area contributed by atoms with Crippen molar-refractivity contribution in [2.45, 2.75) is 39.0 Å². The fourth-order valence-corrected chi connectivity index (χ4v) is 3.16. The summed E-state index contributed by atoms with van der Waals surface area (Å²) in [5.41, 5.74) is 1.60. The van der Waals surface area contributed by atoms with E-state index in [4.69, 9.17) is 14.7 Å². The summed E-state index contributed by atoms with van der Waals surface area (Å²) in [6.07, 6.45) is -4.07. The molecule has 0 aromatic carbocycles. The first kappa shape index (κ1) is 16.1. The van der Waals surface area contributed by atoms with Crippen LogP contribution >= 0.6 is 0 Å². The van der Waals surface area contributed by atoms with E-state index in [2.05, 4.69) is 31.2 Å². The lowest BCUT2D eigenvalue weighted by molar-refractivity contribution is -0.192. The van der Waals surface area contributed by atoms with Crippen molar-refractivity contribution >= 4 is 11.7 Å². The van der Waals surface area contributed by atoms with Crippen molar-refractivity contribution in [1.29, 1.82) is 0 Å². The first-order valence-corrected chi connectivity index (χ1v) is 6.75. The normalized spacial score (nSPS) is 36.0. The van der Waals surface area contributed by atoms with Gasteiger partial charge in [-0.1, -0.05) is 12.1 Å². The number of halogens is 3. The molecule has 3 rings (SSSR count). The zero-order valence-corrected chi connectivity index (χ0v) is 12.1. The summed E-state index contributed by atoms with van der Waals surface area (Å²) in [6, 6.07) is 0. The maximum atomic E-state index is 10.6. The van der Waals surface area contributed by atoms with Crippen molar-refractivity contribution in [3.05, 3.63) is 0 Å². The van der Waals surface area contributed by atoms with Crippen molar-refractivity contribution in [3.8, 4) is 0 Å². The number of piperidine rings is 1. The Morgan fingerprint density at radius 3 is 2.14 bits per heavy atom. The number of oxime groups is 1. The molecule has 21 heavy (non-hydrogen) atoms. The smallest absolute Gasteiger partial charge is 0.475 e. The number of carbonyl (C=O) groups is 1. The third kappa shape index (κ3) is 3.00. The molecule has 120 valence electrons. The Labute approximate surface area is 120 Å². The highest BCUT2D eigenvalue weighted by molar-refractivity contribution is 5.94. The zero-order valence-electron chi connectivity index (χ0n) is 12.1. The second kappa shape index (κ2) is 4.86. The van der Waals surface area contributed by atoms with Gasteiger partial charge in [-0.25, -0.2) is 4.79 Å². The predicted molar refractivity (Wildman–Crippen MR) is 68.9 cm³/mol. The molecule has 0 spiro atoms. The topological polar surface area (TPSA) is 70.9 Å². The van der Waals surface area contributed by atoms with Crippen LogP contribution < -0.4 is 5.32 Å². The first-order chi connectivity index (χ1) is 9.48. The fraction of sp³-hybridized carbons (Fsp3) is 0.846. The Kier molecular flexibility index (Phi) is 3.72. The van der Waals surface area contributed by atoms with Crippen molar-refractivity contribution in [1.82, 2.24) is 5.32 Å². The molecule has 3 aliphatic rings. The van der Waals surface area contributed by atoms with Gasteiger partial charge in [0.2, 0.25) is 0 Å². The van der Waals surface area contributed by atoms with Crippen LogP contribution in [0.25, 0.3) is 0 Å². The molecule has 0 bridgehead atoms. The van der Waals surface area contributed by atoms with Gasteiger partial charge in [-0.3, -0.25) is 0 Å². The van der Waals surface area contributed by atoms with E-state index < -0.39 is 12.1 Å². The molecule has 8 heteroatoms. The van der Waals surface area contributed by atoms with Crippen LogP contribution in [0.5, 0.6) is 0 Å². The lowest BCUT2D eigenvalue weighted by Crippen LogP contribution is -2.28. The third-order valence-corrected chi connectivity index (χ3v) is 4.51. The molecule has 1 saturated heterocycles. The molecule has 1 saturated carbocycles. The van der Waals surface area contributed by atoms with E-state index in [0.29, 0.717) is 5.41 Å². The number of fused-ring (bicyclic) bond motifs is 1. The molecule has 2 N–H and O–H groups in total. The third-order valence-electron chi connectivity index (χ3n) is 4.51. The number of hydrogen-bond acceptors (Lipinski definition) is 4. The van der Waals surface area contributed by atoms with Gasteiger partial charge < -0.3 is 15.3 Å². The minimum absolute atomic E-state index is 0.0668. The van der Waals surface area contributed by atoms with Gasteiger partial charge in [-0.2, -0.15) is 13.2 Å². The Bertz CT molecular complexity index is 464. The van der Waals surface area contributed by atoms with E-state index in [1.165, 1.54) is 18.8 Å². The van der Waals surface area contributed by atoms with Crippen LogP contribution in [0.15, 0.2) is 5.16 Å². The fourth-order valence-electron chi connectivity index (χ4n) is 3.16. The van der Waals surface area contributed by atoms with Gasteiger partial charge in [0.15, 0.2) is 0 Å². The molecule has 0 aromatic rings. The molecule has 0 amide bonds. The zero-order chi connectivity index (χ0) is 16.1. The summed E-state index contributed by atoms with van der Waals surface area (Å²) in [6.45, 7) is 8.92. The van der Waals surface area contributed by atoms with Crippen molar-refractivity contribution in [3.63, 3.8) is 0 Å². The van der Waals surface area contributed by atoms with Crippen LogP contribution in [-0.2, 0) is 9.63 Å². The van der Waals surface area contributed by atoms with Gasteiger partial charge in [0.1, 0.15) is 5.60 Å². The summed E-state index contributed by atoms with van der Waals surface area (Å²) >= 11 is 0. The molecule has 2 heterocycles. The van der Waals surface area contributed by atoms with Crippen LogP contribution in [0.4, 0.5) is 13.2 Å². The van der Waals surface area contributed by atoms with Crippen molar-refractivity contribution in [2.75, 3.05) is 13.1 Å². The molecular formula is C13H19F3N2O3. The standard InChI is InChI=1S/C11H18N2O.C2HF3O2/c1-10(2)4-9(13-14-10)11(3)7-5-12-6-8(7)11;3-2(4,5)1(6)7/h7-8,12H,4-6H2,1-3H3;(H,6,7)/t7-,8+,11?;. The van der Waals surface area contributed by atoms with Crippen LogP contribution in [0.3, 0.4) is 0 Å². The van der Waals surface area contributed by atoms with Gasteiger partial charge in [0.25, 0.3) is 0 Å². The highest BCUT2D eigenvalue weighted by atomic mass is 19.4. The van der Waals surface area contributed by atoms with Crippen LogP contribution in [0.1, 0.15) is 27.2 Å². The summed E-state index contributed by atoms with van der Waals surface area (Å²) in [4.78, 5) is 14.3. The molecule has 5 nitrogen and oxygen atoms in total. The SMILES string of the molecule is CC1(C)CC(C2(C)[C@@H]3CNC[C@@H]32)=NO1.O=C(O)C(F)(F)F. The van der Waals surface area contributed by atoms with Crippen molar-refractivity contribution < 1.29 is 27.9 Å². The first-order valence-electron chi connectivity index (χ1n) is 6.75. The minimum atomic E-state index is -5.08. The number of rotatable bonds is 1. The van der Waals surface area contributed by atoms with E-state index in [9.17, 15) is 13.2 Å². The van der Waals surface area contributed by atoms with Crippen LogP contribution in [-0.4, -0.2) is 41.7 Å². The highest BCUT2D eigenvalue weighted by Crippen LogP contribution is 2.62. The summed E-state index contributed by atoms with van der Waals surface area (Å²) in [7, 11) is 0. The second-order valence-corrected chi connectivity index (χ2v) is 6.52. The predicted octanol–water partition coefficient (Wildman–Crippen LogP) is 2.03. The summed E-state index contributed by atoms with van der Waals surface area (Å²) < 4.78 is 31.7. The second-order valence-electron chi connectivity index (χ2n) is 6.52. The Morgan fingerprint density at radius 1 is 1.33 bits per heavy atom. The molecule has 1 unspecified atom stereocenters. The number of alkyl halides is 3. The van der Waals surface area contributed by atoms with Gasteiger partial charge in [-0.15, -0.1) is 0 Å². The summed E-state index contributed by atoms with van der Waals surface area (Å²) in [5, 5.41) is 14.8. The largest absolute Gasteiger partial charge is 0.490 e. The van der Waals surface area contributed by atoms with E-state index in [1.54, 1.807) is 0 Å². The number of carboxylic acid groups (broad SMARTS) is 1. The monoisotopic (exact) mass is 308 g/mol. The van der Waals surface area contributed by atoms with E-state index in [1.807, 2.05) is 0 Å². The molecular weight excluding hydrogens is 289 g/mol. The van der Waals surface area contributed by atoms with Gasteiger partial charge in [0.05, 0.1) is 5.71 Å². The highest BCUT2D eigenvalue weighted by Gasteiger charge is 2.67. The van der Waals surface area contributed by atoms with E-state index >= 15 is 0 Å². The molecule has 3 atom stereocenters. The minimum Gasteiger partial charge on any atom is -0.475 e. The van der Waals surface area contributed by atoms with Crippen LogP contribution in [0, 0.1) is 17.3 Å². The molecule has 2 fully saturated rings. The van der Waals surface area contributed by atoms with Crippen molar-refractivity contribution in [2.24, 2.45) is 22.4 Å². The lowest BCUT2D eigenvalue weighted by atomic mass is 9.89. The van der Waals surface area contributed by atoms with E-state index in [-0.39, 0.29) is 5.60 Å². The Morgan fingerprint density at radius 2 is 1.81 bits per heavy atom. The number of nitrogens with one attached hydrogen (secondary N) is 1. The number of hydrogen-bond donors (Lipinski definition) is 2. The van der Waals surface area contributed by atoms with Gasteiger partial charge >= 0.3 is 12.1 Å². The summed E-state index contributed by atoms with van der Waals surface area (Å²) in [5.74, 6) is -1.12. The quantitative estimate of drug-likeness (QED) is 0.777. The van der Waals surface area contributed by atoms with Crippen LogP contribution in [0.2, 0.25) is 0 Å². The Hall–Kier alpha value is -1.31. The van der Waals surface area contributed by atoms with E-state index in [0.717, 1.165) is 18.3 Å². The maximum Gasteiger partial charge on any atom is 0.490 e. The molecule has 0 radical (unpaired) electrons.